The lowest BCUT2D eigenvalue weighted by Crippen LogP contribution is -2.35. The number of rotatable bonds is 4. The standard InChI is InChI=1S/C13H19N5O3/c1-8-9(6-18(16-8)12(15)2-3-14)5-17-7-10(19)4-11(17)13(20)21/h2-3,6,10-11,15,19H,4-5,7,14H2,1H3,(H,20,21)/b3-2-,15-12?/t10-,11+/m1/s1. The van der Waals surface area contributed by atoms with E-state index in [1.165, 1.54) is 17.0 Å². The minimum Gasteiger partial charge on any atom is -0.480 e. The number of aliphatic carboxylic acids is 1. The lowest BCUT2D eigenvalue weighted by molar-refractivity contribution is -0.142. The summed E-state index contributed by atoms with van der Waals surface area (Å²) < 4.78 is 1.39. The van der Waals surface area contributed by atoms with Crippen molar-refractivity contribution in [2.45, 2.75) is 32.0 Å². The Morgan fingerprint density at radius 3 is 3.00 bits per heavy atom. The average molecular weight is 293 g/mol. The molecule has 8 heteroatoms. The molecule has 114 valence electrons. The van der Waals surface area contributed by atoms with Crippen molar-refractivity contribution in [2.75, 3.05) is 6.54 Å². The van der Waals surface area contributed by atoms with Crippen LogP contribution in [-0.4, -0.2) is 55.4 Å². The quantitative estimate of drug-likeness (QED) is 0.438. The number of aromatic nitrogens is 2. The van der Waals surface area contributed by atoms with Crippen molar-refractivity contribution in [3.05, 3.63) is 29.7 Å². The predicted octanol–water partition coefficient (Wildman–Crippen LogP) is -0.491. The molecule has 0 aliphatic carbocycles. The van der Waals surface area contributed by atoms with Crippen molar-refractivity contribution in [2.24, 2.45) is 5.73 Å². The van der Waals surface area contributed by atoms with Crippen LogP contribution in [0.2, 0.25) is 0 Å². The zero-order chi connectivity index (χ0) is 15.6. The summed E-state index contributed by atoms with van der Waals surface area (Å²) in [5, 5.41) is 30.8. The molecular weight excluding hydrogens is 274 g/mol. The van der Waals surface area contributed by atoms with E-state index in [1.807, 2.05) is 0 Å². The van der Waals surface area contributed by atoms with Crippen LogP contribution >= 0.6 is 0 Å². The van der Waals surface area contributed by atoms with Crippen LogP contribution in [0.5, 0.6) is 0 Å². The molecular formula is C13H19N5O3. The van der Waals surface area contributed by atoms with E-state index in [9.17, 15) is 15.0 Å². The number of allylic oxidation sites excluding steroid dienone is 1. The van der Waals surface area contributed by atoms with Crippen LogP contribution < -0.4 is 5.73 Å². The van der Waals surface area contributed by atoms with Gasteiger partial charge in [-0.25, -0.2) is 4.68 Å². The molecule has 1 saturated heterocycles. The first-order valence-electron chi connectivity index (χ1n) is 6.59. The van der Waals surface area contributed by atoms with Gasteiger partial charge in [0.1, 0.15) is 11.9 Å². The fourth-order valence-electron chi connectivity index (χ4n) is 2.47. The molecule has 2 rings (SSSR count). The molecule has 0 spiro atoms. The fraction of sp³-hybridized carbons (Fsp3) is 0.462. The van der Waals surface area contributed by atoms with Gasteiger partial charge in [0.05, 0.1) is 11.8 Å². The molecule has 2 heterocycles. The van der Waals surface area contributed by atoms with Crippen LogP contribution in [0.25, 0.3) is 0 Å². The van der Waals surface area contributed by atoms with Gasteiger partial charge in [-0.15, -0.1) is 0 Å². The van der Waals surface area contributed by atoms with Crippen LogP contribution in [0.3, 0.4) is 0 Å². The first-order valence-corrected chi connectivity index (χ1v) is 6.59. The Morgan fingerprint density at radius 1 is 1.67 bits per heavy atom. The Labute approximate surface area is 122 Å². The minimum absolute atomic E-state index is 0.128. The number of hydrogen-bond donors (Lipinski definition) is 4. The van der Waals surface area contributed by atoms with Gasteiger partial charge >= 0.3 is 5.97 Å². The number of aliphatic hydroxyl groups excluding tert-OH is 1. The molecule has 21 heavy (non-hydrogen) atoms. The molecule has 5 N–H and O–H groups in total. The Balaban J connectivity index is 2.16. The number of aryl methyl sites for hydroxylation is 1. The maximum atomic E-state index is 11.2. The number of carboxylic acid groups (broad SMARTS) is 1. The zero-order valence-electron chi connectivity index (χ0n) is 11.7. The van der Waals surface area contributed by atoms with Crippen molar-refractivity contribution in [3.63, 3.8) is 0 Å². The molecule has 1 aromatic heterocycles. The van der Waals surface area contributed by atoms with Gasteiger partial charge in [0.2, 0.25) is 0 Å². The number of carboxylic acids is 1. The summed E-state index contributed by atoms with van der Waals surface area (Å²) in [6, 6.07) is -0.689. The second-order valence-corrected chi connectivity index (χ2v) is 5.10. The van der Waals surface area contributed by atoms with Gasteiger partial charge in [0.25, 0.3) is 0 Å². The number of aliphatic hydroxyl groups is 1. The Hall–Kier alpha value is -2.19. The second-order valence-electron chi connectivity index (χ2n) is 5.10. The average Bonchev–Trinajstić information content (AvgIpc) is 2.94. The second kappa shape index (κ2) is 6.06. The topological polar surface area (TPSA) is 128 Å². The van der Waals surface area contributed by atoms with Crippen molar-refractivity contribution in [3.8, 4) is 0 Å². The molecule has 1 aliphatic heterocycles. The largest absolute Gasteiger partial charge is 0.480 e. The van der Waals surface area contributed by atoms with Gasteiger partial charge in [-0.05, 0) is 19.2 Å². The number of nitrogens with two attached hydrogens (primary N) is 1. The molecule has 1 aliphatic rings. The van der Waals surface area contributed by atoms with E-state index in [2.05, 4.69) is 5.10 Å². The van der Waals surface area contributed by atoms with Crippen molar-refractivity contribution in [1.29, 1.82) is 5.41 Å². The highest BCUT2D eigenvalue weighted by molar-refractivity contribution is 5.91. The lowest BCUT2D eigenvalue weighted by atomic mass is 10.2. The maximum absolute atomic E-state index is 11.2. The van der Waals surface area contributed by atoms with E-state index < -0.39 is 18.1 Å². The van der Waals surface area contributed by atoms with E-state index in [-0.39, 0.29) is 12.3 Å². The summed E-state index contributed by atoms with van der Waals surface area (Å²) in [7, 11) is 0. The Bertz CT molecular complexity index is 580. The van der Waals surface area contributed by atoms with Gasteiger partial charge in [0.15, 0.2) is 0 Å². The van der Waals surface area contributed by atoms with Gasteiger partial charge in [-0.3, -0.25) is 15.1 Å². The molecule has 0 aromatic carbocycles. The highest BCUT2D eigenvalue weighted by Crippen LogP contribution is 2.21. The summed E-state index contributed by atoms with van der Waals surface area (Å²) in [6.07, 6.45) is 3.96. The van der Waals surface area contributed by atoms with Gasteiger partial charge in [-0.2, -0.15) is 5.10 Å². The third-order valence-corrected chi connectivity index (χ3v) is 3.54. The summed E-state index contributed by atoms with van der Waals surface area (Å²) in [5.74, 6) is -0.807. The molecule has 0 radical (unpaired) electrons. The normalized spacial score (nSPS) is 23.0. The van der Waals surface area contributed by atoms with Crippen LogP contribution in [0.15, 0.2) is 18.5 Å². The molecule has 0 saturated carbocycles. The third kappa shape index (κ3) is 3.29. The first kappa shape index (κ1) is 15.2. The molecule has 2 atom stereocenters. The highest BCUT2D eigenvalue weighted by atomic mass is 16.4. The predicted molar refractivity (Wildman–Crippen MR) is 75.9 cm³/mol. The number of carbonyl (C=O) groups is 1. The molecule has 1 aromatic rings. The SMILES string of the molecule is Cc1nn(C(=N)/C=C\N)cc1CN1C[C@H](O)C[C@H]1C(=O)O. The summed E-state index contributed by atoms with van der Waals surface area (Å²) in [6.45, 7) is 2.49. The van der Waals surface area contributed by atoms with E-state index in [0.29, 0.717) is 13.1 Å². The van der Waals surface area contributed by atoms with Crippen LogP contribution in [-0.2, 0) is 11.3 Å². The summed E-state index contributed by atoms with van der Waals surface area (Å²) in [4.78, 5) is 12.9. The summed E-state index contributed by atoms with van der Waals surface area (Å²) >= 11 is 0. The summed E-state index contributed by atoms with van der Waals surface area (Å²) in [5.41, 5.74) is 6.79. The number of hydrogen-bond acceptors (Lipinski definition) is 6. The smallest absolute Gasteiger partial charge is 0.321 e. The van der Waals surface area contributed by atoms with E-state index >= 15 is 0 Å². The van der Waals surface area contributed by atoms with Crippen molar-refractivity contribution in [1.82, 2.24) is 14.7 Å². The monoisotopic (exact) mass is 293 g/mol. The van der Waals surface area contributed by atoms with Gasteiger partial charge < -0.3 is 15.9 Å². The molecule has 8 nitrogen and oxygen atoms in total. The highest BCUT2D eigenvalue weighted by Gasteiger charge is 2.36. The Kier molecular flexibility index (Phi) is 4.39. The molecule has 0 amide bonds. The zero-order valence-corrected chi connectivity index (χ0v) is 11.7. The lowest BCUT2D eigenvalue weighted by Gasteiger charge is -2.20. The molecule has 1 fully saturated rings. The van der Waals surface area contributed by atoms with Gasteiger partial charge in [-0.1, -0.05) is 0 Å². The minimum atomic E-state index is -0.935. The molecule has 0 bridgehead atoms. The van der Waals surface area contributed by atoms with Crippen LogP contribution in [0.4, 0.5) is 0 Å². The first-order chi connectivity index (χ1) is 9.92. The Morgan fingerprint density at radius 2 is 2.38 bits per heavy atom. The van der Waals surface area contributed by atoms with Crippen LogP contribution in [0.1, 0.15) is 17.7 Å². The third-order valence-electron chi connectivity index (χ3n) is 3.54. The number of β-amino-alcohol motifs (C(OH)–C–C–N with tert-alkyl or cyclic N) is 1. The van der Waals surface area contributed by atoms with Crippen LogP contribution in [0, 0.1) is 12.3 Å². The number of likely N-dealkylation sites (tertiary alicyclic amines) is 1. The van der Waals surface area contributed by atoms with Crippen molar-refractivity contribution >= 4 is 11.8 Å². The van der Waals surface area contributed by atoms with E-state index in [1.54, 1.807) is 18.0 Å². The fourth-order valence-corrected chi connectivity index (χ4v) is 2.47. The van der Waals surface area contributed by atoms with Crippen molar-refractivity contribution < 1.29 is 15.0 Å². The number of nitrogens with one attached hydrogen (secondary N) is 1. The van der Waals surface area contributed by atoms with E-state index in [0.717, 1.165) is 11.3 Å². The van der Waals surface area contributed by atoms with E-state index in [4.69, 9.17) is 11.1 Å². The number of nitrogens with zero attached hydrogens (tertiary/aromatic N) is 3. The molecule has 0 unspecified atom stereocenters. The maximum Gasteiger partial charge on any atom is 0.321 e. The van der Waals surface area contributed by atoms with Gasteiger partial charge in [0, 0.05) is 31.3 Å².